The van der Waals surface area contributed by atoms with E-state index in [0.29, 0.717) is 5.82 Å². The molecular weight excluding hydrogens is 200 g/mol. The van der Waals surface area contributed by atoms with Crippen LogP contribution in [0.5, 0.6) is 5.75 Å². The maximum atomic E-state index is 6.91. The predicted octanol–water partition coefficient (Wildman–Crippen LogP) is 3.31. The fourth-order valence-electron chi connectivity index (χ4n) is 1.41. The summed E-state index contributed by atoms with van der Waals surface area (Å²) < 4.78 is 5.08. The van der Waals surface area contributed by atoms with Crippen molar-refractivity contribution < 1.29 is 4.74 Å². The minimum atomic E-state index is 0.410. The van der Waals surface area contributed by atoms with E-state index in [2.05, 4.69) is 9.83 Å². The van der Waals surface area contributed by atoms with E-state index in [0.717, 1.165) is 17.0 Å². The highest BCUT2D eigenvalue weighted by Crippen LogP contribution is 2.22. The average Bonchev–Trinajstić information content (AvgIpc) is 2.39. The first-order valence-electron chi connectivity index (χ1n) is 4.82. The van der Waals surface area contributed by atoms with Crippen LogP contribution >= 0.6 is 0 Å². The lowest BCUT2D eigenvalue weighted by Gasteiger charge is -2.00. The van der Waals surface area contributed by atoms with Crippen LogP contribution in [0.2, 0.25) is 0 Å². The normalized spacial score (nSPS) is 9.50. The third-order valence-corrected chi connectivity index (χ3v) is 2.23. The fraction of sp³-hybridized carbons (Fsp3) is 0.0769. The molecule has 0 aliphatic carbocycles. The quantitative estimate of drug-likeness (QED) is 0.711. The number of pyridine rings is 1. The number of nitrogens with zero attached hydrogens (tertiary/aromatic N) is 2. The number of hydrogen-bond donors (Lipinski definition) is 0. The third-order valence-electron chi connectivity index (χ3n) is 2.23. The van der Waals surface area contributed by atoms with Crippen LogP contribution in [0.15, 0.2) is 42.5 Å². The van der Waals surface area contributed by atoms with E-state index >= 15 is 0 Å². The second kappa shape index (κ2) is 4.45. The molecule has 0 aliphatic rings. The number of ether oxygens (including phenoxy) is 1. The summed E-state index contributed by atoms with van der Waals surface area (Å²) >= 11 is 0. The summed E-state index contributed by atoms with van der Waals surface area (Å²) in [5.74, 6) is 1.22. The Labute approximate surface area is 94.2 Å². The molecule has 2 aromatic rings. The SMILES string of the molecule is [C-]#[N+]c1cccc(-c2ccc(OC)cc2)n1. The van der Waals surface area contributed by atoms with Crippen molar-refractivity contribution in [2.24, 2.45) is 0 Å². The monoisotopic (exact) mass is 210 g/mol. The van der Waals surface area contributed by atoms with Crippen LogP contribution in [0.4, 0.5) is 5.82 Å². The van der Waals surface area contributed by atoms with E-state index in [1.54, 1.807) is 13.2 Å². The summed E-state index contributed by atoms with van der Waals surface area (Å²) in [6, 6.07) is 13.0. The van der Waals surface area contributed by atoms with Crippen molar-refractivity contribution in [2.45, 2.75) is 0 Å². The van der Waals surface area contributed by atoms with Crippen molar-refractivity contribution >= 4 is 5.82 Å². The highest BCUT2D eigenvalue weighted by atomic mass is 16.5. The van der Waals surface area contributed by atoms with Crippen LogP contribution in [-0.2, 0) is 0 Å². The number of methoxy groups -OCH3 is 1. The molecule has 0 saturated carbocycles. The molecule has 16 heavy (non-hydrogen) atoms. The van der Waals surface area contributed by atoms with Gasteiger partial charge in [-0.25, -0.2) is 0 Å². The van der Waals surface area contributed by atoms with Crippen molar-refractivity contribution in [3.63, 3.8) is 0 Å². The fourth-order valence-corrected chi connectivity index (χ4v) is 1.41. The van der Waals surface area contributed by atoms with Gasteiger partial charge in [-0.05, 0) is 36.4 Å². The summed E-state index contributed by atoms with van der Waals surface area (Å²) in [6.45, 7) is 6.91. The minimum absolute atomic E-state index is 0.410. The largest absolute Gasteiger partial charge is 0.497 e. The third kappa shape index (κ3) is 2.01. The highest BCUT2D eigenvalue weighted by molar-refractivity contribution is 5.62. The first kappa shape index (κ1) is 10.2. The maximum Gasteiger partial charge on any atom is 0.270 e. The second-order valence-corrected chi connectivity index (χ2v) is 3.22. The lowest BCUT2D eigenvalue weighted by molar-refractivity contribution is 0.415. The molecule has 0 unspecified atom stereocenters. The minimum Gasteiger partial charge on any atom is -0.497 e. The molecule has 0 saturated heterocycles. The molecule has 1 aromatic carbocycles. The zero-order chi connectivity index (χ0) is 11.4. The average molecular weight is 210 g/mol. The van der Waals surface area contributed by atoms with E-state index in [9.17, 15) is 0 Å². The predicted molar refractivity (Wildman–Crippen MR) is 62.5 cm³/mol. The van der Waals surface area contributed by atoms with Crippen LogP contribution in [0, 0.1) is 6.57 Å². The zero-order valence-corrected chi connectivity index (χ0v) is 8.84. The first-order chi connectivity index (χ1) is 7.83. The summed E-state index contributed by atoms with van der Waals surface area (Å²) in [7, 11) is 1.63. The Morgan fingerprint density at radius 3 is 2.50 bits per heavy atom. The molecule has 0 atom stereocenters. The Hall–Kier alpha value is -2.34. The molecule has 1 heterocycles. The van der Waals surface area contributed by atoms with Gasteiger partial charge in [0.1, 0.15) is 5.75 Å². The molecule has 1 aromatic heterocycles. The molecule has 0 aliphatic heterocycles. The molecule has 3 heteroatoms. The number of benzene rings is 1. The molecule has 2 rings (SSSR count). The molecule has 0 fully saturated rings. The van der Waals surface area contributed by atoms with E-state index in [-0.39, 0.29) is 0 Å². The standard InChI is InChI=1S/C13H10N2O/c1-14-13-5-3-4-12(15-13)10-6-8-11(16-2)9-7-10/h3-9H,2H3. The van der Waals surface area contributed by atoms with Crippen LogP contribution in [0.1, 0.15) is 0 Å². The molecule has 0 spiro atoms. The van der Waals surface area contributed by atoms with Gasteiger partial charge in [0.2, 0.25) is 0 Å². The van der Waals surface area contributed by atoms with Crippen molar-refractivity contribution in [1.82, 2.24) is 4.98 Å². The van der Waals surface area contributed by atoms with Crippen molar-refractivity contribution in [2.75, 3.05) is 7.11 Å². The molecule has 3 nitrogen and oxygen atoms in total. The summed E-state index contributed by atoms with van der Waals surface area (Å²) in [4.78, 5) is 7.53. The number of rotatable bonds is 2. The first-order valence-corrected chi connectivity index (χ1v) is 4.82. The van der Waals surface area contributed by atoms with Crippen LogP contribution in [-0.4, -0.2) is 12.1 Å². The smallest absolute Gasteiger partial charge is 0.270 e. The Morgan fingerprint density at radius 1 is 1.12 bits per heavy atom. The summed E-state index contributed by atoms with van der Waals surface area (Å²) in [6.07, 6.45) is 0. The van der Waals surface area contributed by atoms with Gasteiger partial charge in [0.05, 0.1) is 7.11 Å². The summed E-state index contributed by atoms with van der Waals surface area (Å²) in [5, 5.41) is 0. The Bertz CT molecular complexity index is 526. The Morgan fingerprint density at radius 2 is 1.88 bits per heavy atom. The van der Waals surface area contributed by atoms with Gasteiger partial charge in [0.15, 0.2) is 5.69 Å². The van der Waals surface area contributed by atoms with E-state index in [1.807, 2.05) is 36.4 Å². The zero-order valence-electron chi connectivity index (χ0n) is 8.84. The maximum absolute atomic E-state index is 6.91. The molecule has 78 valence electrons. The molecule has 0 bridgehead atoms. The van der Waals surface area contributed by atoms with Crippen LogP contribution in [0.25, 0.3) is 16.1 Å². The van der Waals surface area contributed by atoms with Gasteiger partial charge in [-0.2, -0.15) is 0 Å². The van der Waals surface area contributed by atoms with Gasteiger partial charge >= 0.3 is 0 Å². The Kier molecular flexibility index (Phi) is 2.84. The Balaban J connectivity index is 2.39. The van der Waals surface area contributed by atoms with Gasteiger partial charge in [0, 0.05) is 5.56 Å². The number of aromatic nitrogens is 1. The highest BCUT2D eigenvalue weighted by Gasteiger charge is 2.04. The van der Waals surface area contributed by atoms with E-state index < -0.39 is 0 Å². The molecular formula is C13H10N2O. The van der Waals surface area contributed by atoms with Crippen molar-refractivity contribution in [1.29, 1.82) is 0 Å². The van der Waals surface area contributed by atoms with Gasteiger partial charge in [0.25, 0.3) is 5.82 Å². The molecule has 0 N–H and O–H groups in total. The lowest BCUT2D eigenvalue weighted by Crippen LogP contribution is -1.84. The van der Waals surface area contributed by atoms with Crippen molar-refractivity contribution in [3.8, 4) is 17.0 Å². The van der Waals surface area contributed by atoms with Gasteiger partial charge in [-0.15, -0.1) is 4.98 Å². The van der Waals surface area contributed by atoms with Gasteiger partial charge < -0.3 is 9.58 Å². The topological polar surface area (TPSA) is 26.5 Å². The summed E-state index contributed by atoms with van der Waals surface area (Å²) in [5.41, 5.74) is 1.78. The van der Waals surface area contributed by atoms with Crippen LogP contribution in [0.3, 0.4) is 0 Å². The van der Waals surface area contributed by atoms with Crippen LogP contribution < -0.4 is 4.74 Å². The number of hydrogen-bond acceptors (Lipinski definition) is 2. The van der Waals surface area contributed by atoms with E-state index in [4.69, 9.17) is 11.3 Å². The van der Waals surface area contributed by atoms with Gasteiger partial charge in [-0.3, -0.25) is 0 Å². The second-order valence-electron chi connectivity index (χ2n) is 3.22. The molecule has 0 radical (unpaired) electrons. The van der Waals surface area contributed by atoms with Gasteiger partial charge in [-0.1, -0.05) is 12.6 Å². The lowest BCUT2D eigenvalue weighted by atomic mass is 10.1. The van der Waals surface area contributed by atoms with E-state index in [1.165, 1.54) is 0 Å². The molecule has 0 amide bonds. The van der Waals surface area contributed by atoms with Crippen molar-refractivity contribution in [3.05, 3.63) is 53.9 Å².